The molecule has 2 unspecified atom stereocenters. The second-order valence-electron chi connectivity index (χ2n) is 4.88. The molecule has 1 N–H and O–H groups in total. The van der Waals surface area contributed by atoms with E-state index in [2.05, 4.69) is 15.4 Å². The van der Waals surface area contributed by atoms with Gasteiger partial charge in [0.1, 0.15) is 0 Å². The minimum atomic E-state index is -0.724. The van der Waals surface area contributed by atoms with Crippen LogP contribution in [0, 0.1) is 0 Å². The second kappa shape index (κ2) is 5.85. The predicted octanol–water partition coefficient (Wildman–Crippen LogP) is 2.08. The van der Waals surface area contributed by atoms with Gasteiger partial charge in [0.2, 0.25) is 0 Å². The van der Waals surface area contributed by atoms with Crippen LogP contribution in [0.1, 0.15) is 29.0 Å². The summed E-state index contributed by atoms with van der Waals surface area (Å²) in [6.07, 6.45) is -0.724. The molecule has 0 bridgehead atoms. The van der Waals surface area contributed by atoms with Crippen molar-refractivity contribution in [2.45, 2.75) is 12.0 Å². The van der Waals surface area contributed by atoms with Crippen molar-refractivity contribution in [3.63, 3.8) is 0 Å². The number of aliphatic hydroxyl groups is 1. The second-order valence-corrected chi connectivity index (χ2v) is 4.88. The summed E-state index contributed by atoms with van der Waals surface area (Å²) in [7, 11) is 1.72. The van der Waals surface area contributed by atoms with Crippen LogP contribution in [0.2, 0.25) is 0 Å². The summed E-state index contributed by atoms with van der Waals surface area (Å²) in [5.41, 5.74) is 1.79. The molecule has 0 saturated carbocycles. The van der Waals surface area contributed by atoms with Crippen molar-refractivity contribution >= 4 is 0 Å². The van der Waals surface area contributed by atoms with Crippen molar-refractivity contribution in [1.82, 2.24) is 20.2 Å². The van der Waals surface area contributed by atoms with Crippen molar-refractivity contribution in [2.24, 2.45) is 7.05 Å². The van der Waals surface area contributed by atoms with E-state index < -0.39 is 6.10 Å². The molecule has 0 saturated heterocycles. The molecule has 2 atom stereocenters. The molecule has 0 spiro atoms. The van der Waals surface area contributed by atoms with E-state index in [0.29, 0.717) is 5.82 Å². The summed E-state index contributed by atoms with van der Waals surface area (Å²) in [4.78, 5) is 1.41. The number of hydrogen-bond donors (Lipinski definition) is 1. The Labute approximate surface area is 122 Å². The van der Waals surface area contributed by atoms with E-state index in [1.807, 2.05) is 60.7 Å². The average Bonchev–Trinajstić information content (AvgIpc) is 2.95. The minimum absolute atomic E-state index is 0.345. The molecule has 1 aromatic heterocycles. The number of aliphatic hydroxyl groups excluding tert-OH is 1. The smallest absolute Gasteiger partial charge is 0.185 e. The van der Waals surface area contributed by atoms with E-state index in [4.69, 9.17) is 0 Å². The molecular formula is C16H16N4O. The van der Waals surface area contributed by atoms with Crippen molar-refractivity contribution in [2.75, 3.05) is 0 Å². The fraction of sp³-hybridized carbons (Fsp3) is 0.188. The minimum Gasteiger partial charge on any atom is -0.387 e. The molecule has 3 rings (SSSR count). The Morgan fingerprint density at radius 2 is 1.48 bits per heavy atom. The number of hydrogen-bond acceptors (Lipinski definition) is 4. The molecule has 5 nitrogen and oxygen atoms in total. The molecule has 0 aliphatic heterocycles. The average molecular weight is 280 g/mol. The summed E-state index contributed by atoms with van der Waals surface area (Å²) >= 11 is 0. The molecule has 0 radical (unpaired) electrons. The van der Waals surface area contributed by atoms with E-state index in [9.17, 15) is 5.11 Å². The van der Waals surface area contributed by atoms with Gasteiger partial charge in [0.05, 0.1) is 19.1 Å². The lowest BCUT2D eigenvalue weighted by atomic mass is 9.88. The van der Waals surface area contributed by atoms with Crippen molar-refractivity contribution < 1.29 is 5.11 Å². The standard InChI is InChI=1S/C16H16N4O/c1-20-18-16(17-19-20)14(12-8-4-2-5-9-12)15(21)13-10-6-3-7-11-13/h2-11,14-15,21H,1H3. The van der Waals surface area contributed by atoms with Gasteiger partial charge in [0.15, 0.2) is 5.82 Å². The van der Waals surface area contributed by atoms with E-state index in [1.165, 1.54) is 4.80 Å². The van der Waals surface area contributed by atoms with Gasteiger partial charge in [-0.05, 0) is 16.3 Å². The number of nitrogens with zero attached hydrogens (tertiary/aromatic N) is 4. The topological polar surface area (TPSA) is 63.8 Å². The molecule has 21 heavy (non-hydrogen) atoms. The lowest BCUT2D eigenvalue weighted by Gasteiger charge is -2.20. The van der Waals surface area contributed by atoms with E-state index in [0.717, 1.165) is 11.1 Å². The Kier molecular flexibility index (Phi) is 3.75. The van der Waals surface area contributed by atoms with Crippen LogP contribution in [0.25, 0.3) is 0 Å². The summed E-state index contributed by atoms with van der Waals surface area (Å²) in [5.74, 6) is 0.169. The third kappa shape index (κ3) is 2.83. The molecule has 1 heterocycles. The van der Waals surface area contributed by atoms with Crippen molar-refractivity contribution in [3.05, 3.63) is 77.6 Å². The third-order valence-electron chi connectivity index (χ3n) is 3.42. The summed E-state index contributed by atoms with van der Waals surface area (Å²) < 4.78 is 0. The summed E-state index contributed by atoms with van der Waals surface area (Å²) in [6.45, 7) is 0. The van der Waals surface area contributed by atoms with Gasteiger partial charge in [0.25, 0.3) is 0 Å². The zero-order chi connectivity index (χ0) is 14.7. The lowest BCUT2D eigenvalue weighted by Crippen LogP contribution is -2.14. The molecule has 0 aliphatic rings. The van der Waals surface area contributed by atoms with Gasteiger partial charge < -0.3 is 5.11 Å². The Hall–Kier alpha value is -2.53. The van der Waals surface area contributed by atoms with E-state index in [-0.39, 0.29) is 5.92 Å². The fourth-order valence-corrected chi connectivity index (χ4v) is 2.40. The van der Waals surface area contributed by atoms with Gasteiger partial charge in [-0.25, -0.2) is 0 Å². The van der Waals surface area contributed by atoms with Crippen LogP contribution >= 0.6 is 0 Å². The number of tetrazole rings is 1. The number of rotatable bonds is 4. The SMILES string of the molecule is Cn1nnc(C(c2ccccc2)C(O)c2ccccc2)n1. The maximum Gasteiger partial charge on any atom is 0.185 e. The Morgan fingerprint density at radius 1 is 0.905 bits per heavy atom. The van der Waals surface area contributed by atoms with Crippen LogP contribution in [0.3, 0.4) is 0 Å². The first-order valence-corrected chi connectivity index (χ1v) is 6.77. The zero-order valence-electron chi connectivity index (χ0n) is 11.7. The molecule has 5 heteroatoms. The monoisotopic (exact) mass is 280 g/mol. The number of benzene rings is 2. The first kappa shape index (κ1) is 13.5. The van der Waals surface area contributed by atoms with E-state index in [1.54, 1.807) is 7.05 Å². The third-order valence-corrected chi connectivity index (χ3v) is 3.42. The largest absolute Gasteiger partial charge is 0.387 e. The van der Waals surface area contributed by atoms with Gasteiger partial charge >= 0.3 is 0 Å². The highest BCUT2D eigenvalue weighted by Gasteiger charge is 2.28. The van der Waals surface area contributed by atoms with Gasteiger partial charge in [-0.1, -0.05) is 60.7 Å². The first-order valence-electron chi connectivity index (χ1n) is 6.77. The number of aryl methyl sites for hydroxylation is 1. The Balaban J connectivity index is 2.04. The highest BCUT2D eigenvalue weighted by atomic mass is 16.3. The molecule has 0 amide bonds. The lowest BCUT2D eigenvalue weighted by molar-refractivity contribution is 0.155. The molecule has 106 valence electrons. The quantitative estimate of drug-likeness (QED) is 0.794. The fourth-order valence-electron chi connectivity index (χ4n) is 2.40. The molecule has 0 fully saturated rings. The summed E-state index contributed by atoms with van der Waals surface area (Å²) in [5, 5.41) is 23.0. The molecule has 3 aromatic rings. The van der Waals surface area contributed by atoms with Crippen LogP contribution < -0.4 is 0 Å². The first-order chi connectivity index (χ1) is 10.3. The number of aromatic nitrogens is 4. The zero-order valence-corrected chi connectivity index (χ0v) is 11.7. The Bertz CT molecular complexity index is 697. The molecule has 2 aromatic carbocycles. The Morgan fingerprint density at radius 3 is 2.00 bits per heavy atom. The van der Waals surface area contributed by atoms with Crippen molar-refractivity contribution in [1.29, 1.82) is 0 Å². The van der Waals surface area contributed by atoms with Gasteiger partial charge in [-0.2, -0.15) is 4.80 Å². The molecule has 0 aliphatic carbocycles. The maximum atomic E-state index is 10.8. The van der Waals surface area contributed by atoms with Crippen molar-refractivity contribution in [3.8, 4) is 0 Å². The van der Waals surface area contributed by atoms with Crippen LogP contribution in [-0.2, 0) is 7.05 Å². The van der Waals surface area contributed by atoms with Crippen LogP contribution in [0.5, 0.6) is 0 Å². The highest BCUT2D eigenvalue weighted by Crippen LogP contribution is 2.34. The predicted molar refractivity (Wildman–Crippen MR) is 78.5 cm³/mol. The summed E-state index contributed by atoms with van der Waals surface area (Å²) in [6, 6.07) is 19.3. The van der Waals surface area contributed by atoms with Gasteiger partial charge in [-0.15, -0.1) is 10.2 Å². The normalized spacial score (nSPS) is 13.8. The van der Waals surface area contributed by atoms with Gasteiger partial charge in [-0.3, -0.25) is 0 Å². The van der Waals surface area contributed by atoms with Crippen LogP contribution in [-0.4, -0.2) is 25.3 Å². The van der Waals surface area contributed by atoms with E-state index >= 15 is 0 Å². The molecular weight excluding hydrogens is 264 g/mol. The highest BCUT2D eigenvalue weighted by molar-refractivity contribution is 5.31. The van der Waals surface area contributed by atoms with Gasteiger partial charge in [0, 0.05) is 0 Å². The van der Waals surface area contributed by atoms with Crippen LogP contribution in [0.4, 0.5) is 0 Å². The van der Waals surface area contributed by atoms with Crippen LogP contribution in [0.15, 0.2) is 60.7 Å². The maximum absolute atomic E-state index is 10.8.